The van der Waals surface area contributed by atoms with E-state index < -0.39 is 0 Å². The van der Waals surface area contributed by atoms with Crippen LogP contribution in [0.3, 0.4) is 0 Å². The van der Waals surface area contributed by atoms with Crippen LogP contribution >= 0.6 is 0 Å². The minimum absolute atomic E-state index is 0.194. The average Bonchev–Trinajstić information content (AvgIpc) is 2.88. The van der Waals surface area contributed by atoms with E-state index in [2.05, 4.69) is 25.1 Å². The molecule has 0 unspecified atom stereocenters. The summed E-state index contributed by atoms with van der Waals surface area (Å²) in [6.07, 6.45) is 8.88. The van der Waals surface area contributed by atoms with Gasteiger partial charge in [-0.3, -0.25) is 10.2 Å². The van der Waals surface area contributed by atoms with Crippen molar-refractivity contribution in [1.29, 1.82) is 0 Å². The predicted octanol–water partition coefficient (Wildman–Crippen LogP) is 3.20. The summed E-state index contributed by atoms with van der Waals surface area (Å²) < 4.78 is 2.14. The van der Waals surface area contributed by atoms with Gasteiger partial charge in [0, 0.05) is 31.7 Å². The molecule has 0 spiro atoms. The van der Waals surface area contributed by atoms with Crippen molar-refractivity contribution in [3.63, 3.8) is 0 Å². The first-order valence-electron chi connectivity index (χ1n) is 9.27. The highest BCUT2D eigenvalue weighted by atomic mass is 16.2. The lowest BCUT2D eigenvalue weighted by Crippen LogP contribution is -2.44. The molecule has 6 heteroatoms. The third-order valence-electron chi connectivity index (χ3n) is 4.92. The van der Waals surface area contributed by atoms with Gasteiger partial charge in [0.05, 0.1) is 11.9 Å². The van der Waals surface area contributed by atoms with E-state index in [0.717, 1.165) is 25.6 Å². The zero-order chi connectivity index (χ0) is 17.2. The number of hydrogen-bond donors (Lipinski definition) is 2. The number of fused-ring (bicyclic) bond motifs is 1. The van der Waals surface area contributed by atoms with Gasteiger partial charge in [-0.25, -0.2) is 9.78 Å². The number of carbonyl (C=O) groups excluding carboxylic acids is 1. The van der Waals surface area contributed by atoms with Crippen LogP contribution in [0.5, 0.6) is 0 Å². The van der Waals surface area contributed by atoms with Crippen LogP contribution in [0.4, 0.5) is 10.7 Å². The van der Waals surface area contributed by atoms with Crippen LogP contribution in [0.2, 0.25) is 0 Å². The lowest BCUT2D eigenvalue weighted by atomic mass is 9.89. The molecule has 24 heavy (non-hydrogen) atoms. The largest absolute Gasteiger partial charge is 0.333 e. The maximum Gasteiger partial charge on any atom is 0.321 e. The zero-order valence-electron chi connectivity index (χ0n) is 15.3. The van der Waals surface area contributed by atoms with E-state index in [0.29, 0.717) is 5.95 Å². The molecule has 1 saturated carbocycles. The molecule has 0 radical (unpaired) electrons. The molecule has 1 aromatic rings. The van der Waals surface area contributed by atoms with Gasteiger partial charge in [-0.05, 0) is 39.5 Å². The monoisotopic (exact) mass is 333 g/mol. The Labute approximate surface area is 145 Å². The van der Waals surface area contributed by atoms with Gasteiger partial charge in [0.25, 0.3) is 0 Å². The molecular formula is C18H31N5O. The average molecular weight is 333 g/mol. The summed E-state index contributed by atoms with van der Waals surface area (Å²) >= 11 is 0. The van der Waals surface area contributed by atoms with Crippen LogP contribution in [0.15, 0.2) is 6.20 Å². The minimum atomic E-state index is -0.252. The van der Waals surface area contributed by atoms with Crippen molar-refractivity contribution < 1.29 is 4.79 Å². The molecule has 0 bridgehead atoms. The molecule has 6 nitrogen and oxygen atoms in total. The van der Waals surface area contributed by atoms with Crippen LogP contribution in [-0.2, 0) is 13.1 Å². The van der Waals surface area contributed by atoms with Crippen LogP contribution in [-0.4, -0.2) is 39.1 Å². The topological polar surface area (TPSA) is 62.2 Å². The lowest BCUT2D eigenvalue weighted by molar-refractivity contribution is 0.168. The number of rotatable bonds is 3. The summed E-state index contributed by atoms with van der Waals surface area (Å²) in [4.78, 5) is 19.0. The van der Waals surface area contributed by atoms with E-state index in [1.165, 1.54) is 44.3 Å². The molecule has 2 heterocycles. The van der Waals surface area contributed by atoms with E-state index >= 15 is 0 Å². The molecule has 1 aliphatic heterocycles. The van der Waals surface area contributed by atoms with Gasteiger partial charge in [0.15, 0.2) is 0 Å². The second kappa shape index (κ2) is 7.13. The molecule has 0 saturated heterocycles. The number of nitrogens with one attached hydrogen (secondary N) is 2. The van der Waals surface area contributed by atoms with Crippen molar-refractivity contribution in [2.24, 2.45) is 5.92 Å². The van der Waals surface area contributed by atoms with E-state index in [1.54, 1.807) is 0 Å². The highest BCUT2D eigenvalue weighted by Gasteiger charge is 2.24. The number of hydrogen-bond acceptors (Lipinski definition) is 3. The molecule has 1 fully saturated rings. The molecule has 134 valence electrons. The summed E-state index contributed by atoms with van der Waals surface area (Å²) in [5.41, 5.74) is 0.946. The van der Waals surface area contributed by atoms with E-state index in [-0.39, 0.29) is 11.6 Å². The Bertz CT molecular complexity index is 568. The number of urea groups is 1. The van der Waals surface area contributed by atoms with Gasteiger partial charge in [-0.2, -0.15) is 0 Å². The van der Waals surface area contributed by atoms with Crippen molar-refractivity contribution in [3.8, 4) is 0 Å². The second-order valence-electron chi connectivity index (χ2n) is 8.29. The fraction of sp³-hybridized carbons (Fsp3) is 0.778. The Kier molecular flexibility index (Phi) is 5.13. The summed E-state index contributed by atoms with van der Waals surface area (Å²) in [5, 5.41) is 5.80. The van der Waals surface area contributed by atoms with Crippen molar-refractivity contribution >= 4 is 12.0 Å². The second-order valence-corrected chi connectivity index (χ2v) is 8.29. The summed E-state index contributed by atoms with van der Waals surface area (Å²) in [5.74, 6) is 1.52. The third kappa shape index (κ3) is 4.50. The lowest BCUT2D eigenvalue weighted by Gasteiger charge is -2.33. The quantitative estimate of drug-likeness (QED) is 0.893. The molecular weight excluding hydrogens is 302 g/mol. The molecule has 3 rings (SSSR count). The summed E-state index contributed by atoms with van der Waals surface area (Å²) in [7, 11) is 0. The Morgan fingerprint density at radius 2 is 2.00 bits per heavy atom. The smallest absolute Gasteiger partial charge is 0.321 e. The third-order valence-corrected chi connectivity index (χ3v) is 4.92. The Hall–Kier alpha value is -1.56. The van der Waals surface area contributed by atoms with Gasteiger partial charge >= 0.3 is 6.03 Å². The fourth-order valence-electron chi connectivity index (χ4n) is 3.80. The molecule has 0 atom stereocenters. The Balaban J connectivity index is 1.56. The summed E-state index contributed by atoms with van der Waals surface area (Å²) in [6, 6.07) is -0.194. The number of nitrogens with zero attached hydrogens (tertiary/aromatic N) is 3. The standard InChI is InChI=1S/C18H31N5O/c1-18(2,3)21-17(24)20-16-19-11-15-13-22(9-10-23(15)16)12-14-7-5-4-6-8-14/h11,14H,4-10,12-13H2,1-3H3,(H2,19,20,21,24). The normalized spacial score (nSPS) is 19.8. The van der Waals surface area contributed by atoms with Gasteiger partial charge in [-0.15, -0.1) is 0 Å². The van der Waals surface area contributed by atoms with Crippen molar-refractivity contribution in [1.82, 2.24) is 19.8 Å². The first kappa shape index (κ1) is 17.3. The number of anilines is 1. The van der Waals surface area contributed by atoms with Crippen LogP contribution < -0.4 is 10.6 Å². The maximum absolute atomic E-state index is 12.1. The molecule has 2 N–H and O–H groups in total. The predicted molar refractivity (Wildman–Crippen MR) is 96.0 cm³/mol. The van der Waals surface area contributed by atoms with Crippen molar-refractivity contribution in [2.45, 2.75) is 71.5 Å². The van der Waals surface area contributed by atoms with E-state index in [4.69, 9.17) is 0 Å². The van der Waals surface area contributed by atoms with E-state index in [1.807, 2.05) is 27.0 Å². The molecule has 2 amide bonds. The maximum atomic E-state index is 12.1. The molecule has 2 aliphatic rings. The highest BCUT2D eigenvalue weighted by molar-refractivity contribution is 5.88. The number of imidazole rings is 1. The van der Waals surface area contributed by atoms with Crippen molar-refractivity contribution in [2.75, 3.05) is 18.4 Å². The Morgan fingerprint density at radius 3 is 2.71 bits per heavy atom. The molecule has 0 aromatic carbocycles. The number of aromatic nitrogens is 2. The van der Waals surface area contributed by atoms with Crippen LogP contribution in [0.1, 0.15) is 58.6 Å². The Morgan fingerprint density at radius 1 is 1.25 bits per heavy atom. The molecule has 1 aliphatic carbocycles. The van der Waals surface area contributed by atoms with Crippen LogP contribution in [0.25, 0.3) is 0 Å². The van der Waals surface area contributed by atoms with Crippen molar-refractivity contribution in [3.05, 3.63) is 11.9 Å². The first-order chi connectivity index (χ1) is 11.4. The number of carbonyl (C=O) groups is 1. The first-order valence-corrected chi connectivity index (χ1v) is 9.27. The van der Waals surface area contributed by atoms with Gasteiger partial charge in [-0.1, -0.05) is 19.3 Å². The minimum Gasteiger partial charge on any atom is -0.333 e. The fourth-order valence-corrected chi connectivity index (χ4v) is 3.80. The number of amides is 2. The highest BCUT2D eigenvalue weighted by Crippen LogP contribution is 2.26. The molecule has 1 aromatic heterocycles. The van der Waals surface area contributed by atoms with Crippen LogP contribution in [0, 0.1) is 5.92 Å². The summed E-state index contributed by atoms with van der Waals surface area (Å²) in [6.45, 7) is 9.98. The van der Waals surface area contributed by atoms with Gasteiger partial charge < -0.3 is 9.88 Å². The van der Waals surface area contributed by atoms with Gasteiger partial charge in [0.1, 0.15) is 0 Å². The van der Waals surface area contributed by atoms with Gasteiger partial charge in [0.2, 0.25) is 5.95 Å². The van der Waals surface area contributed by atoms with E-state index in [9.17, 15) is 4.79 Å². The zero-order valence-corrected chi connectivity index (χ0v) is 15.3. The SMILES string of the molecule is CC(C)(C)NC(=O)Nc1ncc2n1CCN(CC1CCCCC1)C2.